The molecule has 0 spiro atoms. The monoisotopic (exact) mass is 386 g/mol. The quantitative estimate of drug-likeness (QED) is 0.468. The van der Waals surface area contributed by atoms with Crippen LogP contribution < -0.4 is 0 Å². The van der Waals surface area contributed by atoms with Crippen molar-refractivity contribution in [2.45, 2.75) is 6.92 Å². The normalized spacial score (nSPS) is 10.0. The molecule has 1 aromatic heterocycles. The van der Waals surface area contributed by atoms with Crippen molar-refractivity contribution >= 4 is 22.6 Å². The van der Waals surface area contributed by atoms with Crippen LogP contribution >= 0.6 is 22.6 Å². The third-order valence-corrected chi connectivity index (χ3v) is 3.84. The maximum atomic E-state index is 5.60. The topological polar surface area (TPSA) is 38.9 Å². The van der Waals surface area contributed by atoms with Gasteiger partial charge in [0.1, 0.15) is 0 Å². The third-order valence-electron chi connectivity index (χ3n) is 2.89. The fourth-order valence-corrected chi connectivity index (χ4v) is 2.40. The highest BCUT2D eigenvalue weighted by atomic mass is 127. The number of hydrogen-bond donors (Lipinski definition) is 0. The molecule has 0 saturated carbocycles. The van der Waals surface area contributed by atoms with Crippen LogP contribution in [0.25, 0.3) is 11.5 Å². The molecule has 21 heavy (non-hydrogen) atoms. The Balaban J connectivity index is 1.86. The van der Waals surface area contributed by atoms with Crippen LogP contribution in [0.15, 0.2) is 52.9 Å². The van der Waals surface area contributed by atoms with E-state index in [1.165, 1.54) is 5.56 Å². The first-order valence-corrected chi connectivity index (χ1v) is 7.47. The molecule has 102 valence electrons. The van der Waals surface area contributed by atoms with Gasteiger partial charge < -0.3 is 4.42 Å². The van der Waals surface area contributed by atoms with Crippen LogP contribution in [0.1, 0.15) is 17.0 Å². The van der Waals surface area contributed by atoms with Crippen LogP contribution in [0.5, 0.6) is 0 Å². The molecule has 0 saturated heterocycles. The Morgan fingerprint density at radius 3 is 2.48 bits per heavy atom. The molecule has 2 aromatic carbocycles. The second-order valence-electron chi connectivity index (χ2n) is 4.51. The highest BCUT2D eigenvalue weighted by Gasteiger charge is 2.09. The van der Waals surface area contributed by atoms with E-state index in [0.717, 1.165) is 14.7 Å². The summed E-state index contributed by atoms with van der Waals surface area (Å²) in [6.07, 6.45) is 0. The Hall–Kier alpha value is -2.13. The van der Waals surface area contributed by atoms with Gasteiger partial charge in [0.05, 0.1) is 5.56 Å². The average Bonchev–Trinajstić information content (AvgIpc) is 2.96. The summed E-state index contributed by atoms with van der Waals surface area (Å²) in [4.78, 5) is 0. The predicted molar refractivity (Wildman–Crippen MR) is 89.6 cm³/mol. The number of nitrogens with zero attached hydrogens (tertiary/aromatic N) is 2. The second kappa shape index (κ2) is 6.10. The Kier molecular flexibility index (Phi) is 4.02. The van der Waals surface area contributed by atoms with E-state index in [1.807, 2.05) is 55.5 Å². The van der Waals surface area contributed by atoms with Crippen molar-refractivity contribution in [1.82, 2.24) is 10.2 Å². The summed E-state index contributed by atoms with van der Waals surface area (Å²) < 4.78 is 6.66. The molecule has 0 amide bonds. The van der Waals surface area contributed by atoms with Gasteiger partial charge in [-0.05, 0) is 59.7 Å². The first-order valence-electron chi connectivity index (χ1n) is 6.39. The maximum absolute atomic E-state index is 5.60. The van der Waals surface area contributed by atoms with Gasteiger partial charge in [-0.2, -0.15) is 0 Å². The smallest absolute Gasteiger partial charge is 0.294 e. The van der Waals surface area contributed by atoms with E-state index in [1.54, 1.807) is 0 Å². The lowest BCUT2D eigenvalue weighted by atomic mass is 10.2. The minimum atomic E-state index is 0.324. The van der Waals surface area contributed by atoms with E-state index < -0.39 is 0 Å². The first kappa shape index (κ1) is 13.8. The van der Waals surface area contributed by atoms with E-state index >= 15 is 0 Å². The number of rotatable bonds is 1. The fraction of sp³-hybridized carbons (Fsp3) is 0.0588. The largest absolute Gasteiger partial charge is 0.410 e. The minimum absolute atomic E-state index is 0.324. The lowest BCUT2D eigenvalue weighted by Crippen LogP contribution is -1.81. The van der Waals surface area contributed by atoms with Crippen LogP contribution in [0, 0.1) is 22.3 Å². The van der Waals surface area contributed by atoms with Gasteiger partial charge in [0.2, 0.25) is 5.89 Å². The zero-order valence-corrected chi connectivity index (χ0v) is 13.5. The molecule has 0 aliphatic heterocycles. The Labute approximate surface area is 136 Å². The van der Waals surface area contributed by atoms with Crippen LogP contribution in [-0.4, -0.2) is 10.2 Å². The van der Waals surface area contributed by atoms with Crippen molar-refractivity contribution in [3.63, 3.8) is 0 Å². The van der Waals surface area contributed by atoms with E-state index in [0.29, 0.717) is 11.8 Å². The summed E-state index contributed by atoms with van der Waals surface area (Å²) in [5.74, 6) is 6.73. The minimum Gasteiger partial charge on any atom is -0.410 e. The summed E-state index contributed by atoms with van der Waals surface area (Å²) in [6, 6.07) is 15.9. The highest BCUT2D eigenvalue weighted by molar-refractivity contribution is 14.1. The first-order chi connectivity index (χ1) is 10.2. The molecule has 0 N–H and O–H groups in total. The zero-order valence-electron chi connectivity index (χ0n) is 11.3. The van der Waals surface area contributed by atoms with Gasteiger partial charge in [0, 0.05) is 9.13 Å². The van der Waals surface area contributed by atoms with Crippen LogP contribution in [-0.2, 0) is 0 Å². The molecule has 0 atom stereocenters. The predicted octanol–water partition coefficient (Wildman–Crippen LogP) is 4.05. The lowest BCUT2D eigenvalue weighted by molar-refractivity contribution is 0.554. The fourth-order valence-electron chi connectivity index (χ4n) is 1.78. The van der Waals surface area contributed by atoms with Crippen molar-refractivity contribution < 1.29 is 4.42 Å². The van der Waals surface area contributed by atoms with Crippen molar-refractivity contribution in [2.24, 2.45) is 0 Å². The van der Waals surface area contributed by atoms with Gasteiger partial charge in [-0.3, -0.25) is 0 Å². The van der Waals surface area contributed by atoms with E-state index in [4.69, 9.17) is 4.42 Å². The Morgan fingerprint density at radius 2 is 1.71 bits per heavy atom. The van der Waals surface area contributed by atoms with Gasteiger partial charge in [0.15, 0.2) is 0 Å². The van der Waals surface area contributed by atoms with E-state index in [-0.39, 0.29) is 0 Å². The summed E-state index contributed by atoms with van der Waals surface area (Å²) >= 11 is 2.24. The molecule has 0 radical (unpaired) electrons. The molecular formula is C17H11IN2O. The van der Waals surface area contributed by atoms with Crippen LogP contribution in [0.3, 0.4) is 0 Å². The molecular weight excluding hydrogens is 375 g/mol. The Bertz CT molecular complexity index is 826. The van der Waals surface area contributed by atoms with Gasteiger partial charge in [-0.1, -0.05) is 40.8 Å². The van der Waals surface area contributed by atoms with Gasteiger partial charge in [0.25, 0.3) is 5.89 Å². The third kappa shape index (κ3) is 3.31. The van der Waals surface area contributed by atoms with Crippen molar-refractivity contribution in [2.75, 3.05) is 0 Å². The van der Waals surface area contributed by atoms with Crippen LogP contribution in [0.4, 0.5) is 0 Å². The summed E-state index contributed by atoms with van der Waals surface area (Å²) in [6.45, 7) is 2.04. The zero-order chi connectivity index (χ0) is 14.7. The molecule has 3 rings (SSSR count). The second-order valence-corrected chi connectivity index (χ2v) is 5.67. The van der Waals surface area contributed by atoms with Crippen molar-refractivity contribution in [3.8, 4) is 23.3 Å². The molecule has 0 aliphatic carbocycles. The summed E-state index contributed by atoms with van der Waals surface area (Å²) in [7, 11) is 0. The molecule has 0 unspecified atom stereocenters. The number of aryl methyl sites for hydroxylation is 1. The van der Waals surface area contributed by atoms with E-state index in [2.05, 4.69) is 44.6 Å². The van der Waals surface area contributed by atoms with Gasteiger partial charge in [-0.25, -0.2) is 0 Å². The Morgan fingerprint density at radius 1 is 0.952 bits per heavy atom. The molecule has 1 heterocycles. The SMILES string of the molecule is Cc1ccc(C#Cc2nnc(-c3ccccc3I)o2)cc1. The standard InChI is InChI=1S/C17H11IN2O/c1-12-6-8-13(9-7-12)10-11-16-19-20-17(21-16)14-4-2-3-5-15(14)18/h2-9H,1H3. The number of hydrogen-bond acceptors (Lipinski definition) is 3. The summed E-state index contributed by atoms with van der Waals surface area (Å²) in [5, 5.41) is 8.02. The molecule has 3 nitrogen and oxygen atoms in total. The molecule has 0 aliphatic rings. The number of benzene rings is 2. The van der Waals surface area contributed by atoms with Crippen molar-refractivity contribution in [1.29, 1.82) is 0 Å². The van der Waals surface area contributed by atoms with E-state index in [9.17, 15) is 0 Å². The van der Waals surface area contributed by atoms with Crippen LogP contribution in [0.2, 0.25) is 0 Å². The number of halogens is 1. The maximum Gasteiger partial charge on any atom is 0.294 e. The highest BCUT2D eigenvalue weighted by Crippen LogP contribution is 2.23. The molecule has 4 heteroatoms. The molecule has 3 aromatic rings. The lowest BCUT2D eigenvalue weighted by Gasteiger charge is -1.96. The van der Waals surface area contributed by atoms with Crippen molar-refractivity contribution in [3.05, 3.63) is 69.1 Å². The molecule has 0 bridgehead atoms. The number of aromatic nitrogens is 2. The average molecular weight is 386 g/mol. The van der Waals surface area contributed by atoms with Gasteiger partial charge >= 0.3 is 0 Å². The molecule has 0 fully saturated rings. The van der Waals surface area contributed by atoms with Gasteiger partial charge in [-0.15, -0.1) is 5.10 Å². The summed E-state index contributed by atoms with van der Waals surface area (Å²) in [5.41, 5.74) is 3.06.